The summed E-state index contributed by atoms with van der Waals surface area (Å²) in [6.07, 6.45) is 4.20. The summed E-state index contributed by atoms with van der Waals surface area (Å²) in [6.45, 7) is 4.97. The molecule has 0 fully saturated rings. The predicted molar refractivity (Wildman–Crippen MR) is 93.3 cm³/mol. The Bertz CT molecular complexity index is 609. The Morgan fingerprint density at radius 2 is 1.90 bits per heavy atom. The molecule has 0 bridgehead atoms. The van der Waals surface area contributed by atoms with Crippen molar-refractivity contribution in [1.82, 2.24) is 9.78 Å². The maximum absolute atomic E-state index is 6.22. The van der Waals surface area contributed by atoms with Gasteiger partial charge < -0.3 is 5.32 Å². The predicted octanol–water partition coefficient (Wildman–Crippen LogP) is 5.93. The molecule has 21 heavy (non-hydrogen) atoms. The van der Waals surface area contributed by atoms with Crippen molar-refractivity contribution in [3.63, 3.8) is 0 Å². The second-order valence-electron chi connectivity index (χ2n) is 4.83. The number of hydrogen-bond acceptors (Lipinski definition) is 2. The van der Waals surface area contributed by atoms with E-state index in [2.05, 4.69) is 40.2 Å². The first-order valence-electron chi connectivity index (χ1n) is 6.98. The summed E-state index contributed by atoms with van der Waals surface area (Å²) < 4.78 is 2.82. The topological polar surface area (TPSA) is 29.9 Å². The van der Waals surface area contributed by atoms with Gasteiger partial charge in [-0.2, -0.15) is 5.10 Å². The molecule has 114 valence electrons. The number of nitrogens with one attached hydrogen (secondary N) is 1. The molecule has 0 unspecified atom stereocenters. The highest BCUT2D eigenvalue weighted by molar-refractivity contribution is 9.10. The van der Waals surface area contributed by atoms with Gasteiger partial charge in [-0.15, -0.1) is 0 Å². The molecule has 0 saturated carbocycles. The minimum absolute atomic E-state index is 0.462. The van der Waals surface area contributed by atoms with Gasteiger partial charge in [0.1, 0.15) is 0 Å². The van der Waals surface area contributed by atoms with Crippen LogP contribution in [-0.4, -0.2) is 9.78 Å². The number of hydrogen-bond donors (Lipinski definition) is 1. The molecule has 0 aliphatic heterocycles. The Kier molecular flexibility index (Phi) is 5.97. The van der Waals surface area contributed by atoms with Gasteiger partial charge in [-0.3, -0.25) is 4.68 Å². The number of aromatic nitrogens is 2. The third-order valence-corrected chi connectivity index (χ3v) is 5.25. The van der Waals surface area contributed by atoms with Crippen molar-refractivity contribution in [3.05, 3.63) is 44.6 Å². The number of benzene rings is 1. The van der Waals surface area contributed by atoms with Crippen molar-refractivity contribution in [2.24, 2.45) is 0 Å². The second kappa shape index (κ2) is 7.52. The fourth-order valence-electron chi connectivity index (χ4n) is 2.19. The van der Waals surface area contributed by atoms with Crippen LogP contribution in [0, 0.1) is 0 Å². The zero-order valence-corrected chi connectivity index (χ0v) is 15.1. The number of nitrogens with zero attached hydrogens (tertiary/aromatic N) is 2. The largest absolute Gasteiger partial charge is 0.378 e. The van der Waals surface area contributed by atoms with Crippen LogP contribution in [-0.2, 0) is 6.54 Å². The van der Waals surface area contributed by atoms with E-state index in [1.54, 1.807) is 0 Å². The molecule has 3 nitrogen and oxygen atoms in total. The molecular weight excluding hydrogens is 373 g/mol. The summed E-state index contributed by atoms with van der Waals surface area (Å²) in [4.78, 5) is 0. The van der Waals surface area contributed by atoms with Crippen LogP contribution >= 0.6 is 39.1 Å². The molecule has 0 spiro atoms. The lowest BCUT2D eigenvalue weighted by molar-refractivity contribution is 0.426. The molecule has 0 radical (unpaired) electrons. The Morgan fingerprint density at radius 3 is 2.57 bits per heavy atom. The van der Waals surface area contributed by atoms with Gasteiger partial charge >= 0.3 is 0 Å². The fourth-order valence-corrected chi connectivity index (χ4v) is 3.03. The van der Waals surface area contributed by atoms with Gasteiger partial charge in [0, 0.05) is 10.7 Å². The Morgan fingerprint density at radius 1 is 1.19 bits per heavy atom. The van der Waals surface area contributed by atoms with E-state index < -0.39 is 0 Å². The second-order valence-corrected chi connectivity index (χ2v) is 6.44. The molecule has 1 aromatic heterocycles. The van der Waals surface area contributed by atoms with Crippen LogP contribution in [0.1, 0.15) is 38.4 Å². The summed E-state index contributed by atoms with van der Waals surface area (Å²) >= 11 is 15.7. The Hall–Kier alpha value is -0.710. The zero-order valence-electron chi connectivity index (χ0n) is 12.0. The van der Waals surface area contributed by atoms with Crippen molar-refractivity contribution in [1.29, 1.82) is 0 Å². The van der Waals surface area contributed by atoms with Gasteiger partial charge in [0.15, 0.2) is 0 Å². The fraction of sp³-hybridized carbons (Fsp3) is 0.400. The highest BCUT2D eigenvalue weighted by Gasteiger charge is 2.10. The summed E-state index contributed by atoms with van der Waals surface area (Å²) in [5.74, 6) is 0. The van der Waals surface area contributed by atoms with E-state index >= 15 is 0 Å². The molecule has 0 aliphatic carbocycles. The Labute approximate surface area is 143 Å². The highest BCUT2D eigenvalue weighted by Crippen LogP contribution is 2.35. The molecule has 1 heterocycles. The monoisotopic (exact) mass is 389 g/mol. The van der Waals surface area contributed by atoms with Crippen LogP contribution < -0.4 is 5.32 Å². The normalized spacial score (nSPS) is 11.1. The first kappa shape index (κ1) is 16.7. The first-order chi connectivity index (χ1) is 10.1. The lowest BCUT2D eigenvalue weighted by Gasteiger charge is -2.12. The summed E-state index contributed by atoms with van der Waals surface area (Å²) in [5, 5.41) is 8.92. The molecule has 0 atom stereocenters. The molecular formula is C15H18BrCl2N3. The van der Waals surface area contributed by atoms with Crippen molar-refractivity contribution in [2.45, 2.75) is 39.3 Å². The summed E-state index contributed by atoms with van der Waals surface area (Å²) in [7, 11) is 0. The van der Waals surface area contributed by atoms with Crippen LogP contribution in [0.5, 0.6) is 0 Å². The van der Waals surface area contributed by atoms with Gasteiger partial charge in [0.2, 0.25) is 0 Å². The third-order valence-electron chi connectivity index (χ3n) is 3.48. The maximum Gasteiger partial charge on any atom is 0.0835 e. The first-order valence-corrected chi connectivity index (χ1v) is 8.53. The van der Waals surface area contributed by atoms with Gasteiger partial charge in [0.25, 0.3) is 0 Å². The van der Waals surface area contributed by atoms with E-state index in [9.17, 15) is 0 Å². The molecule has 1 aromatic carbocycles. The van der Waals surface area contributed by atoms with Crippen molar-refractivity contribution in [2.75, 3.05) is 5.32 Å². The average Bonchev–Trinajstić information content (AvgIpc) is 2.94. The van der Waals surface area contributed by atoms with E-state index in [1.807, 2.05) is 29.1 Å². The Balaban J connectivity index is 2.05. The molecule has 0 aliphatic rings. The molecule has 2 rings (SSSR count). The van der Waals surface area contributed by atoms with Gasteiger partial charge in [-0.05, 0) is 47.0 Å². The number of halogens is 3. The maximum atomic E-state index is 6.22. The number of rotatable bonds is 6. The summed E-state index contributed by atoms with van der Waals surface area (Å²) in [5.41, 5.74) is 1.79. The van der Waals surface area contributed by atoms with Gasteiger partial charge in [-0.25, -0.2) is 0 Å². The van der Waals surface area contributed by atoms with E-state index in [0.29, 0.717) is 22.6 Å². The van der Waals surface area contributed by atoms with E-state index in [-0.39, 0.29) is 0 Å². The molecule has 0 saturated heterocycles. The van der Waals surface area contributed by atoms with Gasteiger partial charge in [0.05, 0.1) is 34.0 Å². The molecule has 0 amide bonds. The number of anilines is 1. The minimum Gasteiger partial charge on any atom is -0.378 e. The lowest BCUT2D eigenvalue weighted by Crippen LogP contribution is -2.09. The molecule has 2 aromatic rings. The van der Waals surface area contributed by atoms with Crippen LogP contribution in [0.15, 0.2) is 28.9 Å². The van der Waals surface area contributed by atoms with E-state index in [1.165, 1.54) is 0 Å². The summed E-state index contributed by atoms with van der Waals surface area (Å²) in [6, 6.07) is 6.26. The quantitative estimate of drug-likeness (QED) is 0.619. The molecule has 1 N–H and O–H groups in total. The minimum atomic E-state index is 0.462. The van der Waals surface area contributed by atoms with Crippen molar-refractivity contribution < 1.29 is 0 Å². The standard InChI is InChI=1S/C15H18BrCl2N3/c1-3-11(4-2)21-8-7-10(20-21)9-19-13-6-5-12(16)14(17)15(13)18/h5-8,11,19H,3-4,9H2,1-2H3. The zero-order chi connectivity index (χ0) is 15.4. The SMILES string of the molecule is CCC(CC)n1ccc(CNc2ccc(Br)c(Cl)c2Cl)n1. The highest BCUT2D eigenvalue weighted by atomic mass is 79.9. The van der Waals surface area contributed by atoms with Crippen LogP contribution in [0.25, 0.3) is 0 Å². The van der Waals surface area contributed by atoms with Crippen molar-refractivity contribution in [3.8, 4) is 0 Å². The van der Waals surface area contributed by atoms with Crippen molar-refractivity contribution >= 4 is 44.8 Å². The van der Waals surface area contributed by atoms with Crippen LogP contribution in [0.4, 0.5) is 5.69 Å². The van der Waals surface area contributed by atoms with E-state index in [0.717, 1.165) is 28.7 Å². The van der Waals surface area contributed by atoms with Gasteiger partial charge in [-0.1, -0.05) is 37.0 Å². The van der Waals surface area contributed by atoms with Crippen LogP contribution in [0.3, 0.4) is 0 Å². The van der Waals surface area contributed by atoms with E-state index in [4.69, 9.17) is 23.2 Å². The smallest absolute Gasteiger partial charge is 0.0835 e. The van der Waals surface area contributed by atoms with Crippen LogP contribution in [0.2, 0.25) is 10.0 Å². The third kappa shape index (κ3) is 3.93. The average molecular weight is 391 g/mol. The lowest BCUT2D eigenvalue weighted by atomic mass is 10.2. The molecule has 6 heteroatoms.